The summed E-state index contributed by atoms with van der Waals surface area (Å²) < 4.78 is 7.29. The lowest BCUT2D eigenvalue weighted by molar-refractivity contribution is 0.400. The second-order valence-corrected chi connectivity index (χ2v) is 5.20. The normalized spacial score (nSPS) is 12.5. The molecule has 3 aromatic rings. The van der Waals surface area contributed by atoms with Crippen molar-refractivity contribution in [3.8, 4) is 17.1 Å². The van der Waals surface area contributed by atoms with Crippen molar-refractivity contribution < 1.29 is 4.74 Å². The van der Waals surface area contributed by atoms with Gasteiger partial charge in [0.2, 0.25) is 0 Å². The molecule has 0 aliphatic carbocycles. The molecule has 0 amide bonds. The molecule has 114 valence electrons. The lowest BCUT2D eigenvalue weighted by atomic mass is 10.0. The first-order valence-corrected chi connectivity index (χ1v) is 7.44. The quantitative estimate of drug-likeness (QED) is 0.786. The Morgan fingerprint density at radius 1 is 1.36 bits per heavy atom. The Kier molecular flexibility index (Phi) is 4.06. The minimum atomic E-state index is 0.309. The summed E-state index contributed by atoms with van der Waals surface area (Å²) in [5.41, 5.74) is 3.90. The first-order chi connectivity index (χ1) is 10.7. The fourth-order valence-electron chi connectivity index (χ4n) is 2.57. The van der Waals surface area contributed by atoms with Crippen LogP contribution in [-0.2, 0) is 0 Å². The van der Waals surface area contributed by atoms with Gasteiger partial charge in [0.1, 0.15) is 0 Å². The molecule has 1 aromatic carbocycles. The zero-order valence-corrected chi connectivity index (χ0v) is 13.1. The van der Waals surface area contributed by atoms with Gasteiger partial charge in [0.25, 0.3) is 5.88 Å². The monoisotopic (exact) mass is 296 g/mol. The Balaban J connectivity index is 2.05. The number of benzene rings is 1. The minimum absolute atomic E-state index is 0.309. The molecule has 1 N–H and O–H groups in total. The standard InChI is InChI=1S/C17H20N4O/c1-4-18-12(2)13-6-5-7-14(10-13)15-11-21-9-8-19-16(21)17(20-15)22-3/h5-12,18H,4H2,1-3H3. The van der Waals surface area contributed by atoms with Crippen molar-refractivity contribution in [3.05, 3.63) is 48.4 Å². The third-order valence-corrected chi connectivity index (χ3v) is 3.73. The largest absolute Gasteiger partial charge is 0.478 e. The molecule has 2 aromatic heterocycles. The van der Waals surface area contributed by atoms with E-state index in [1.807, 2.05) is 16.8 Å². The van der Waals surface area contributed by atoms with Crippen LogP contribution in [0.15, 0.2) is 42.9 Å². The molecule has 0 aliphatic heterocycles. The summed E-state index contributed by atoms with van der Waals surface area (Å²) in [4.78, 5) is 8.84. The van der Waals surface area contributed by atoms with Crippen LogP contribution >= 0.6 is 0 Å². The average molecular weight is 296 g/mol. The van der Waals surface area contributed by atoms with Crippen LogP contribution in [0.5, 0.6) is 5.88 Å². The molecule has 0 saturated carbocycles. The lowest BCUT2D eigenvalue weighted by Gasteiger charge is -2.14. The summed E-state index contributed by atoms with van der Waals surface area (Å²) in [5, 5.41) is 3.43. The summed E-state index contributed by atoms with van der Waals surface area (Å²) in [6.07, 6.45) is 5.61. The van der Waals surface area contributed by atoms with Crippen molar-refractivity contribution >= 4 is 5.65 Å². The van der Waals surface area contributed by atoms with Crippen LogP contribution in [0, 0.1) is 0 Å². The highest BCUT2D eigenvalue weighted by atomic mass is 16.5. The molecular weight excluding hydrogens is 276 g/mol. The molecule has 0 saturated heterocycles. The van der Waals surface area contributed by atoms with E-state index in [0.29, 0.717) is 11.9 Å². The third-order valence-electron chi connectivity index (χ3n) is 3.73. The highest BCUT2D eigenvalue weighted by Crippen LogP contribution is 2.25. The summed E-state index contributed by atoms with van der Waals surface area (Å²) in [7, 11) is 1.62. The zero-order valence-electron chi connectivity index (χ0n) is 13.1. The van der Waals surface area contributed by atoms with E-state index in [1.165, 1.54) is 5.56 Å². The molecule has 5 nitrogen and oxygen atoms in total. The predicted molar refractivity (Wildman–Crippen MR) is 87.1 cm³/mol. The van der Waals surface area contributed by atoms with E-state index in [1.54, 1.807) is 13.3 Å². The Morgan fingerprint density at radius 3 is 3.00 bits per heavy atom. The fraction of sp³-hybridized carbons (Fsp3) is 0.294. The number of fused-ring (bicyclic) bond motifs is 1. The molecule has 0 fully saturated rings. The molecule has 3 rings (SSSR count). The number of rotatable bonds is 5. The molecule has 5 heteroatoms. The molecular formula is C17H20N4O. The first-order valence-electron chi connectivity index (χ1n) is 7.44. The molecule has 0 aliphatic rings. The summed E-state index contributed by atoms with van der Waals surface area (Å²) in [6, 6.07) is 8.72. The van der Waals surface area contributed by atoms with Gasteiger partial charge in [-0.3, -0.25) is 0 Å². The van der Waals surface area contributed by atoms with Crippen molar-refractivity contribution in [2.24, 2.45) is 0 Å². The maximum atomic E-state index is 5.36. The topological polar surface area (TPSA) is 51.5 Å². The summed E-state index contributed by atoms with van der Waals surface area (Å²) in [5.74, 6) is 0.535. The minimum Gasteiger partial charge on any atom is -0.478 e. The van der Waals surface area contributed by atoms with E-state index in [9.17, 15) is 0 Å². The fourth-order valence-corrected chi connectivity index (χ4v) is 2.57. The van der Waals surface area contributed by atoms with E-state index in [2.05, 4.69) is 53.4 Å². The van der Waals surface area contributed by atoms with Crippen LogP contribution in [0.2, 0.25) is 0 Å². The average Bonchev–Trinajstić information content (AvgIpc) is 3.02. The number of aromatic nitrogens is 3. The Bertz CT molecular complexity index is 781. The van der Waals surface area contributed by atoms with Gasteiger partial charge in [0.05, 0.1) is 12.8 Å². The summed E-state index contributed by atoms with van der Waals surface area (Å²) >= 11 is 0. The van der Waals surface area contributed by atoms with Crippen LogP contribution in [0.25, 0.3) is 16.9 Å². The Morgan fingerprint density at radius 2 is 2.23 bits per heavy atom. The smallest absolute Gasteiger partial charge is 0.258 e. The van der Waals surface area contributed by atoms with Crippen LogP contribution in [-0.4, -0.2) is 28.0 Å². The molecule has 2 heterocycles. The predicted octanol–water partition coefficient (Wildman–Crippen LogP) is 3.08. The van der Waals surface area contributed by atoms with Crippen LogP contribution in [0.1, 0.15) is 25.5 Å². The van der Waals surface area contributed by atoms with Crippen LogP contribution in [0.3, 0.4) is 0 Å². The number of methoxy groups -OCH3 is 1. The van der Waals surface area contributed by atoms with Crippen molar-refractivity contribution in [2.45, 2.75) is 19.9 Å². The van der Waals surface area contributed by atoms with Gasteiger partial charge in [0, 0.05) is 30.2 Å². The van der Waals surface area contributed by atoms with Crippen LogP contribution < -0.4 is 10.1 Å². The maximum absolute atomic E-state index is 5.36. The number of hydrogen-bond donors (Lipinski definition) is 1. The number of hydrogen-bond acceptors (Lipinski definition) is 4. The molecule has 1 unspecified atom stereocenters. The highest BCUT2D eigenvalue weighted by molar-refractivity contribution is 5.63. The molecule has 0 radical (unpaired) electrons. The van der Waals surface area contributed by atoms with Gasteiger partial charge >= 0.3 is 0 Å². The van der Waals surface area contributed by atoms with E-state index in [-0.39, 0.29) is 0 Å². The Labute approximate surface area is 130 Å². The van der Waals surface area contributed by atoms with Gasteiger partial charge in [-0.2, -0.15) is 0 Å². The van der Waals surface area contributed by atoms with Crippen molar-refractivity contribution in [2.75, 3.05) is 13.7 Å². The van der Waals surface area contributed by atoms with Crippen molar-refractivity contribution in [1.82, 2.24) is 19.7 Å². The first kappa shape index (κ1) is 14.5. The van der Waals surface area contributed by atoms with Crippen LogP contribution in [0.4, 0.5) is 0 Å². The zero-order chi connectivity index (χ0) is 15.5. The van der Waals surface area contributed by atoms with Crippen molar-refractivity contribution in [3.63, 3.8) is 0 Å². The second-order valence-electron chi connectivity index (χ2n) is 5.20. The Hall–Kier alpha value is -2.40. The highest BCUT2D eigenvalue weighted by Gasteiger charge is 2.11. The van der Waals surface area contributed by atoms with E-state index >= 15 is 0 Å². The van der Waals surface area contributed by atoms with Gasteiger partial charge in [-0.1, -0.05) is 25.1 Å². The molecule has 22 heavy (non-hydrogen) atoms. The number of ether oxygens (including phenoxy) is 1. The molecule has 0 bridgehead atoms. The lowest BCUT2D eigenvalue weighted by Crippen LogP contribution is -2.17. The van der Waals surface area contributed by atoms with Gasteiger partial charge in [0.15, 0.2) is 5.65 Å². The van der Waals surface area contributed by atoms with Gasteiger partial charge in [-0.15, -0.1) is 0 Å². The molecule has 0 spiro atoms. The van der Waals surface area contributed by atoms with Crippen molar-refractivity contribution in [1.29, 1.82) is 0 Å². The van der Waals surface area contributed by atoms with E-state index in [0.717, 1.165) is 23.4 Å². The molecule has 1 atom stereocenters. The number of imidazole rings is 1. The van der Waals surface area contributed by atoms with Gasteiger partial charge < -0.3 is 14.5 Å². The summed E-state index contributed by atoms with van der Waals surface area (Å²) in [6.45, 7) is 5.22. The van der Waals surface area contributed by atoms with Gasteiger partial charge in [-0.25, -0.2) is 9.97 Å². The second kappa shape index (κ2) is 6.15. The number of nitrogens with zero attached hydrogens (tertiary/aromatic N) is 3. The van der Waals surface area contributed by atoms with E-state index < -0.39 is 0 Å². The number of nitrogens with one attached hydrogen (secondary N) is 1. The third kappa shape index (κ3) is 2.67. The van der Waals surface area contributed by atoms with Gasteiger partial charge in [-0.05, 0) is 25.1 Å². The SMILES string of the molecule is CCNC(C)c1cccc(-c2cn3ccnc3c(OC)n2)c1. The maximum Gasteiger partial charge on any atom is 0.258 e. The van der Waals surface area contributed by atoms with E-state index in [4.69, 9.17) is 4.74 Å².